The SMILES string of the molecule is CC/C=C\C/C=C\C/C=C\C/C=C\C/C=C\C/C=C\C/C=C\C/C=C\C/C=C\C/C=C\C/C=C\CCCCCCCCCC(=O)NC(COC1OC(CO)C(OC2OC(CO)C(OC3OC(CO)C(O)C(O)C3O)C(O)C2O)C(O)C1O)C(O)/C=C/CCCCCCCCCCCCCCCC. The fraction of sp³-hybridized carbons (Fsp3) is 0.699. The van der Waals surface area contributed by atoms with Crippen LogP contribution in [0.2, 0.25) is 0 Å². The number of hydrogen-bond acceptors (Lipinski definition) is 18. The summed E-state index contributed by atoms with van der Waals surface area (Å²) in [6.45, 7) is 1.60. The Balaban J connectivity index is 1.35. The van der Waals surface area contributed by atoms with E-state index in [1.54, 1.807) is 6.08 Å². The first-order valence-corrected chi connectivity index (χ1v) is 39.1. The second kappa shape index (κ2) is 61.8. The number of nitrogens with one attached hydrogen (secondary N) is 1. The molecule has 3 heterocycles. The minimum atomic E-state index is -1.99. The Bertz CT molecular complexity index is 2410. The van der Waals surface area contributed by atoms with Gasteiger partial charge in [0.25, 0.3) is 0 Å². The number of aliphatic hydroxyl groups excluding tert-OH is 11. The van der Waals surface area contributed by atoms with E-state index < -0.39 is 124 Å². The number of rotatable bonds is 59. The highest BCUT2D eigenvalue weighted by molar-refractivity contribution is 5.76. The molecule has 17 atom stereocenters. The minimum Gasteiger partial charge on any atom is -0.394 e. The Morgan fingerprint density at radius 2 is 0.676 bits per heavy atom. The molecule has 3 aliphatic rings. The average Bonchev–Trinajstić information content (AvgIpc) is 0.755. The van der Waals surface area contributed by atoms with Gasteiger partial charge in [-0.25, -0.2) is 0 Å². The minimum absolute atomic E-state index is 0.221. The smallest absolute Gasteiger partial charge is 0.220 e. The van der Waals surface area contributed by atoms with Gasteiger partial charge in [-0.2, -0.15) is 0 Å². The largest absolute Gasteiger partial charge is 0.394 e. The van der Waals surface area contributed by atoms with Gasteiger partial charge in [0.1, 0.15) is 73.2 Å². The van der Waals surface area contributed by atoms with Gasteiger partial charge in [-0.05, 0) is 103 Å². The summed E-state index contributed by atoms with van der Waals surface area (Å²) in [7, 11) is 0. The van der Waals surface area contributed by atoms with Crippen LogP contribution in [0.25, 0.3) is 0 Å². The van der Waals surface area contributed by atoms with Gasteiger partial charge in [0.2, 0.25) is 5.91 Å². The number of amides is 1. The number of hydrogen-bond donors (Lipinski definition) is 12. The fourth-order valence-corrected chi connectivity index (χ4v) is 12.1. The second-order valence-electron chi connectivity index (χ2n) is 27.1. The van der Waals surface area contributed by atoms with Gasteiger partial charge in [-0.3, -0.25) is 4.79 Å². The van der Waals surface area contributed by atoms with Crippen molar-refractivity contribution in [2.75, 3.05) is 26.4 Å². The Kier molecular flexibility index (Phi) is 55.7. The number of aliphatic hydroxyl groups is 11. The van der Waals surface area contributed by atoms with Crippen molar-refractivity contribution >= 4 is 5.91 Å². The third-order valence-electron chi connectivity index (χ3n) is 18.4. The number of ether oxygens (including phenoxy) is 6. The third-order valence-corrected chi connectivity index (χ3v) is 18.4. The lowest BCUT2D eigenvalue weighted by Crippen LogP contribution is -2.66. The van der Waals surface area contributed by atoms with E-state index in [1.807, 2.05) is 6.08 Å². The van der Waals surface area contributed by atoms with E-state index >= 15 is 0 Å². The topological polar surface area (TPSA) is 307 Å². The van der Waals surface area contributed by atoms with Crippen LogP contribution >= 0.6 is 0 Å². The molecule has 0 spiro atoms. The molecular weight excluding hydrogens is 1300 g/mol. The van der Waals surface area contributed by atoms with Gasteiger partial charge in [-0.15, -0.1) is 0 Å². The van der Waals surface area contributed by atoms with E-state index in [-0.39, 0.29) is 18.9 Å². The number of carbonyl (C=O) groups is 1. The van der Waals surface area contributed by atoms with Crippen LogP contribution in [0.5, 0.6) is 0 Å². The standard InChI is InChI=1S/C83H137NO18/c1-3-5-7-9-11-13-15-17-19-21-22-23-24-25-26-27-28-29-30-31-32-33-34-35-36-37-38-39-40-41-42-43-44-45-47-49-51-53-55-57-59-61-71(89)84-66(67(88)60-58-56-54-52-50-48-46-20-18-16-14-12-10-8-6-4-2)65-97-81-77(95)74(92)79(69(63-86)99-81)102-83-78(96)75(93)80(70(64-87)100-83)101-82-76(94)73(91)72(90)68(62-85)98-82/h5,7,11,13,17,19,22-23,25-26,28-29,31-32,34-35,37-38,40-41,43-44,58,60,66-70,72-83,85-88,90-96H,3-4,6,8-10,12,14-16,18,20-21,24,27,30,33,36,39,42,45-57,59,61-65H2,1-2H3,(H,84,89)/b7-5-,13-11-,19-17-,23-22-,26-25-,29-28-,32-31-,35-34-,38-37-,41-40-,44-43-,60-58+. The van der Waals surface area contributed by atoms with Crippen molar-refractivity contribution in [3.8, 4) is 0 Å². The predicted octanol–water partition coefficient (Wildman–Crippen LogP) is 12.7. The Morgan fingerprint density at radius 1 is 0.363 bits per heavy atom. The highest BCUT2D eigenvalue weighted by Gasteiger charge is 2.53. The highest BCUT2D eigenvalue weighted by Crippen LogP contribution is 2.33. The molecule has 3 saturated heterocycles. The molecule has 582 valence electrons. The number of unbranched alkanes of at least 4 members (excludes halogenated alkanes) is 21. The molecule has 3 fully saturated rings. The summed E-state index contributed by atoms with van der Waals surface area (Å²) < 4.78 is 34.4. The summed E-state index contributed by atoms with van der Waals surface area (Å²) >= 11 is 0. The molecule has 3 aliphatic heterocycles. The maximum atomic E-state index is 13.4. The molecule has 12 N–H and O–H groups in total. The Labute approximate surface area is 613 Å². The fourth-order valence-electron chi connectivity index (χ4n) is 12.1. The molecule has 0 aromatic carbocycles. The highest BCUT2D eigenvalue weighted by atomic mass is 16.8. The first-order valence-electron chi connectivity index (χ1n) is 39.1. The maximum absolute atomic E-state index is 13.4. The molecule has 0 aromatic rings. The lowest BCUT2D eigenvalue weighted by molar-refractivity contribution is -0.379. The molecule has 102 heavy (non-hydrogen) atoms. The van der Waals surface area contributed by atoms with E-state index in [4.69, 9.17) is 28.4 Å². The van der Waals surface area contributed by atoms with Crippen molar-refractivity contribution in [1.29, 1.82) is 0 Å². The van der Waals surface area contributed by atoms with E-state index in [2.05, 4.69) is 153 Å². The van der Waals surface area contributed by atoms with Gasteiger partial charge in [0.05, 0.1) is 38.6 Å². The van der Waals surface area contributed by atoms with Gasteiger partial charge < -0.3 is 89.9 Å². The van der Waals surface area contributed by atoms with Crippen LogP contribution in [0.3, 0.4) is 0 Å². The third kappa shape index (κ3) is 41.5. The summed E-state index contributed by atoms with van der Waals surface area (Å²) in [6, 6.07) is -0.990. The van der Waals surface area contributed by atoms with E-state index in [0.29, 0.717) is 6.42 Å². The van der Waals surface area contributed by atoms with Crippen molar-refractivity contribution in [2.24, 2.45) is 0 Å². The van der Waals surface area contributed by atoms with Gasteiger partial charge in [0.15, 0.2) is 18.9 Å². The van der Waals surface area contributed by atoms with Crippen molar-refractivity contribution in [2.45, 2.75) is 343 Å². The maximum Gasteiger partial charge on any atom is 0.220 e. The molecule has 1 amide bonds. The van der Waals surface area contributed by atoms with Crippen LogP contribution in [0.4, 0.5) is 0 Å². The molecule has 0 aromatic heterocycles. The zero-order valence-electron chi connectivity index (χ0n) is 62.0. The molecule has 0 saturated carbocycles. The lowest BCUT2D eigenvalue weighted by Gasteiger charge is -2.48. The van der Waals surface area contributed by atoms with Crippen molar-refractivity contribution < 1.29 is 89.4 Å². The molecule has 19 heteroatoms. The number of carbonyl (C=O) groups excluding carboxylic acids is 1. The van der Waals surface area contributed by atoms with E-state index in [0.717, 1.165) is 141 Å². The molecule has 0 radical (unpaired) electrons. The van der Waals surface area contributed by atoms with Gasteiger partial charge in [-0.1, -0.05) is 275 Å². The molecular formula is C83H137NO18. The molecule has 0 bridgehead atoms. The van der Waals surface area contributed by atoms with Crippen LogP contribution in [-0.2, 0) is 33.2 Å². The quantitative estimate of drug-likeness (QED) is 0.0199. The van der Waals surface area contributed by atoms with Crippen molar-refractivity contribution in [3.05, 3.63) is 146 Å². The summed E-state index contributed by atoms with van der Waals surface area (Å²) in [5.41, 5.74) is 0. The van der Waals surface area contributed by atoms with Gasteiger partial charge in [0, 0.05) is 6.42 Å². The zero-order chi connectivity index (χ0) is 73.9. The van der Waals surface area contributed by atoms with Gasteiger partial charge >= 0.3 is 0 Å². The first kappa shape index (κ1) is 91.9. The van der Waals surface area contributed by atoms with E-state index in [9.17, 15) is 61.0 Å². The Morgan fingerprint density at radius 3 is 1.06 bits per heavy atom. The molecule has 17 unspecified atom stereocenters. The molecule has 0 aliphatic carbocycles. The monoisotopic (exact) mass is 1440 g/mol. The summed E-state index contributed by atoms with van der Waals surface area (Å²) in [5, 5.41) is 121. The van der Waals surface area contributed by atoms with Crippen LogP contribution in [0.1, 0.15) is 239 Å². The van der Waals surface area contributed by atoms with Crippen LogP contribution < -0.4 is 5.32 Å². The van der Waals surface area contributed by atoms with Crippen molar-refractivity contribution in [1.82, 2.24) is 5.32 Å². The van der Waals surface area contributed by atoms with Crippen molar-refractivity contribution in [3.63, 3.8) is 0 Å². The first-order chi connectivity index (χ1) is 49.8. The summed E-state index contributed by atoms with van der Waals surface area (Å²) in [5.74, 6) is -0.292. The lowest BCUT2D eigenvalue weighted by atomic mass is 9.96. The summed E-state index contributed by atoms with van der Waals surface area (Å²) in [4.78, 5) is 13.4. The van der Waals surface area contributed by atoms with Crippen LogP contribution in [0.15, 0.2) is 146 Å². The second-order valence-corrected chi connectivity index (χ2v) is 27.1. The van der Waals surface area contributed by atoms with Crippen LogP contribution in [0, 0.1) is 0 Å². The Hall–Kier alpha value is -4.33. The van der Waals surface area contributed by atoms with E-state index in [1.165, 1.54) is 70.6 Å². The predicted molar refractivity (Wildman–Crippen MR) is 406 cm³/mol. The summed E-state index contributed by atoms with van der Waals surface area (Å²) in [6.07, 6.45) is 62.5. The zero-order valence-corrected chi connectivity index (χ0v) is 62.0. The number of allylic oxidation sites excluding steroid dienone is 23. The average molecular weight is 1440 g/mol. The molecule has 3 rings (SSSR count). The normalized spacial score (nSPS) is 27.0. The van der Waals surface area contributed by atoms with Crippen LogP contribution in [-0.4, -0.2) is 193 Å². The molecule has 19 nitrogen and oxygen atoms in total.